The molecule has 1 heterocycles. The molecule has 0 aliphatic heterocycles. The van der Waals surface area contributed by atoms with E-state index in [4.69, 9.17) is 23.2 Å². The van der Waals surface area contributed by atoms with Gasteiger partial charge in [-0.15, -0.1) is 16.7 Å². The molecule has 0 aliphatic carbocycles. The zero-order chi connectivity index (χ0) is 13.1. The predicted octanol–water partition coefficient (Wildman–Crippen LogP) is 3.81. The quantitative estimate of drug-likeness (QED) is 0.801. The highest BCUT2D eigenvalue weighted by Crippen LogP contribution is 2.21. The molecule has 0 N–H and O–H groups in total. The van der Waals surface area contributed by atoms with E-state index in [1.54, 1.807) is 23.0 Å². The number of alkyl halides is 1. The third kappa shape index (κ3) is 3.00. The van der Waals surface area contributed by atoms with Crippen molar-refractivity contribution in [3.05, 3.63) is 46.5 Å². The molecule has 0 saturated heterocycles. The fourth-order valence-corrected chi connectivity index (χ4v) is 1.83. The van der Waals surface area contributed by atoms with Gasteiger partial charge in [0, 0.05) is 10.6 Å². The zero-order valence-electron chi connectivity index (χ0n) is 9.78. The average Bonchev–Trinajstić information content (AvgIpc) is 2.80. The minimum atomic E-state index is -0.350. The molecule has 1 atom stereocenters. The molecule has 18 heavy (non-hydrogen) atoms. The maximum atomic E-state index is 13.6. The van der Waals surface area contributed by atoms with Crippen LogP contribution >= 0.6 is 23.2 Å². The Balaban J connectivity index is 2.16. The van der Waals surface area contributed by atoms with E-state index in [2.05, 4.69) is 10.3 Å². The smallest absolute Gasteiger partial charge is 0.129 e. The summed E-state index contributed by atoms with van der Waals surface area (Å²) < 4.78 is 15.2. The van der Waals surface area contributed by atoms with E-state index < -0.39 is 0 Å². The predicted molar refractivity (Wildman–Crippen MR) is 69.4 cm³/mol. The Bertz CT molecular complexity index is 542. The lowest BCUT2D eigenvalue weighted by Crippen LogP contribution is -2.02. The van der Waals surface area contributed by atoms with Crippen molar-refractivity contribution in [2.24, 2.45) is 0 Å². The molecule has 0 aliphatic rings. The molecule has 6 heteroatoms. The van der Waals surface area contributed by atoms with E-state index in [1.807, 2.05) is 6.92 Å². The first-order valence-corrected chi connectivity index (χ1v) is 6.39. The molecule has 0 spiro atoms. The van der Waals surface area contributed by atoms with Gasteiger partial charge in [0.25, 0.3) is 0 Å². The monoisotopic (exact) mass is 287 g/mol. The van der Waals surface area contributed by atoms with Gasteiger partial charge in [0.2, 0.25) is 0 Å². The largest absolute Gasteiger partial charge is 0.248 e. The molecule has 0 radical (unpaired) electrons. The molecule has 2 aromatic rings. The van der Waals surface area contributed by atoms with Crippen molar-refractivity contribution in [1.29, 1.82) is 0 Å². The third-order valence-electron chi connectivity index (χ3n) is 2.58. The summed E-state index contributed by atoms with van der Waals surface area (Å²) in [4.78, 5) is 0. The summed E-state index contributed by atoms with van der Waals surface area (Å²) >= 11 is 11.7. The van der Waals surface area contributed by atoms with E-state index in [9.17, 15) is 4.39 Å². The molecule has 3 nitrogen and oxygen atoms in total. The van der Waals surface area contributed by atoms with Crippen molar-refractivity contribution in [1.82, 2.24) is 15.0 Å². The van der Waals surface area contributed by atoms with Crippen molar-refractivity contribution >= 4 is 23.2 Å². The first kappa shape index (κ1) is 13.3. The van der Waals surface area contributed by atoms with Crippen LogP contribution in [0.3, 0.4) is 0 Å². The lowest BCUT2D eigenvalue weighted by molar-refractivity contribution is 0.577. The number of halogens is 3. The molecule has 1 aromatic heterocycles. The van der Waals surface area contributed by atoms with E-state index >= 15 is 0 Å². The van der Waals surface area contributed by atoms with Crippen LogP contribution in [0.1, 0.15) is 30.0 Å². The van der Waals surface area contributed by atoms with Crippen molar-refractivity contribution in [2.45, 2.75) is 25.3 Å². The van der Waals surface area contributed by atoms with Crippen LogP contribution in [-0.2, 0) is 6.54 Å². The van der Waals surface area contributed by atoms with Crippen molar-refractivity contribution in [3.63, 3.8) is 0 Å². The molecule has 96 valence electrons. The molecule has 2 rings (SSSR count). The fraction of sp³-hybridized carbons (Fsp3) is 0.333. The Morgan fingerprint density at radius 1 is 1.44 bits per heavy atom. The van der Waals surface area contributed by atoms with Gasteiger partial charge >= 0.3 is 0 Å². The Hall–Kier alpha value is -1.13. The van der Waals surface area contributed by atoms with E-state index in [-0.39, 0.29) is 11.2 Å². The van der Waals surface area contributed by atoms with Crippen molar-refractivity contribution in [2.75, 3.05) is 0 Å². The normalized spacial score (nSPS) is 12.7. The third-order valence-corrected chi connectivity index (χ3v) is 3.35. The van der Waals surface area contributed by atoms with Gasteiger partial charge in [0.05, 0.1) is 18.1 Å². The Morgan fingerprint density at radius 2 is 2.22 bits per heavy atom. The van der Waals surface area contributed by atoms with Gasteiger partial charge in [-0.1, -0.05) is 29.8 Å². The summed E-state index contributed by atoms with van der Waals surface area (Å²) in [6.45, 7) is 2.28. The molecule has 0 amide bonds. The van der Waals surface area contributed by atoms with Crippen LogP contribution in [0.15, 0.2) is 24.4 Å². The molecular formula is C12H12Cl2FN3. The minimum absolute atomic E-state index is 0.159. The van der Waals surface area contributed by atoms with E-state index in [1.165, 1.54) is 6.07 Å². The molecule has 0 fully saturated rings. The Labute approximate surface area is 115 Å². The highest BCUT2D eigenvalue weighted by molar-refractivity contribution is 6.30. The van der Waals surface area contributed by atoms with Gasteiger partial charge in [0.1, 0.15) is 11.5 Å². The number of hydrogen-bond acceptors (Lipinski definition) is 2. The maximum Gasteiger partial charge on any atom is 0.129 e. The molecule has 1 aromatic carbocycles. The molecule has 1 unspecified atom stereocenters. The van der Waals surface area contributed by atoms with Gasteiger partial charge < -0.3 is 0 Å². The van der Waals surface area contributed by atoms with Crippen LogP contribution in [0.5, 0.6) is 0 Å². The van der Waals surface area contributed by atoms with Gasteiger partial charge in [-0.05, 0) is 18.6 Å². The van der Waals surface area contributed by atoms with Crippen LogP contribution in [0.2, 0.25) is 5.02 Å². The first-order valence-electron chi connectivity index (χ1n) is 5.58. The minimum Gasteiger partial charge on any atom is -0.248 e. The van der Waals surface area contributed by atoms with E-state index in [0.717, 1.165) is 6.42 Å². The zero-order valence-corrected chi connectivity index (χ0v) is 11.3. The Morgan fingerprint density at radius 3 is 2.89 bits per heavy atom. The molecular weight excluding hydrogens is 276 g/mol. The second-order valence-corrected chi connectivity index (χ2v) is 4.92. The highest BCUT2D eigenvalue weighted by Gasteiger charge is 2.11. The van der Waals surface area contributed by atoms with Crippen LogP contribution in [0, 0.1) is 5.82 Å². The van der Waals surface area contributed by atoms with Crippen molar-refractivity contribution in [3.8, 4) is 0 Å². The van der Waals surface area contributed by atoms with Crippen LogP contribution in [0.4, 0.5) is 4.39 Å². The summed E-state index contributed by atoms with van der Waals surface area (Å²) in [5, 5.41) is 8.11. The first-order chi connectivity index (χ1) is 8.60. The lowest BCUT2D eigenvalue weighted by Gasteiger charge is -2.03. The summed E-state index contributed by atoms with van der Waals surface area (Å²) in [6.07, 6.45) is 2.50. The van der Waals surface area contributed by atoms with Crippen molar-refractivity contribution < 1.29 is 4.39 Å². The van der Waals surface area contributed by atoms with Gasteiger partial charge in [-0.2, -0.15) is 0 Å². The van der Waals surface area contributed by atoms with Crippen LogP contribution in [0.25, 0.3) is 0 Å². The van der Waals surface area contributed by atoms with Gasteiger partial charge in [-0.25, -0.2) is 9.07 Å². The standard InChI is InChI=1S/C12H12Cl2FN3/c1-2-10(14)12-7-18(17-16-12)6-8-3-4-9(13)5-11(8)15/h3-5,7,10H,2,6H2,1H3. The molecule has 0 bridgehead atoms. The number of benzene rings is 1. The number of hydrogen-bond donors (Lipinski definition) is 0. The number of rotatable bonds is 4. The second kappa shape index (κ2) is 5.67. The highest BCUT2D eigenvalue weighted by atomic mass is 35.5. The topological polar surface area (TPSA) is 30.7 Å². The van der Waals surface area contributed by atoms with Gasteiger partial charge in [-0.3, -0.25) is 0 Å². The summed E-state index contributed by atoms with van der Waals surface area (Å²) in [5.74, 6) is -0.350. The summed E-state index contributed by atoms with van der Waals surface area (Å²) in [6, 6.07) is 4.57. The summed E-state index contributed by atoms with van der Waals surface area (Å²) in [7, 11) is 0. The van der Waals surface area contributed by atoms with Gasteiger partial charge in [0.15, 0.2) is 0 Å². The number of nitrogens with zero attached hydrogens (tertiary/aromatic N) is 3. The Kier molecular flexibility index (Phi) is 4.19. The van der Waals surface area contributed by atoms with Crippen LogP contribution < -0.4 is 0 Å². The lowest BCUT2D eigenvalue weighted by atomic mass is 10.2. The maximum absolute atomic E-state index is 13.6. The fourth-order valence-electron chi connectivity index (χ4n) is 1.57. The number of aromatic nitrogens is 3. The van der Waals surface area contributed by atoms with E-state index in [0.29, 0.717) is 22.8 Å². The summed E-state index contributed by atoms with van der Waals surface area (Å²) in [5.41, 5.74) is 1.21. The molecule has 0 saturated carbocycles. The SMILES string of the molecule is CCC(Cl)c1cn(Cc2ccc(Cl)cc2F)nn1. The second-order valence-electron chi connectivity index (χ2n) is 3.95. The van der Waals surface area contributed by atoms with Crippen LogP contribution in [-0.4, -0.2) is 15.0 Å². The average molecular weight is 288 g/mol.